The summed E-state index contributed by atoms with van der Waals surface area (Å²) in [4.78, 5) is 36.6. The molecule has 31 heavy (non-hydrogen) atoms. The van der Waals surface area contributed by atoms with Gasteiger partial charge in [-0.05, 0) is 59.8 Å². The van der Waals surface area contributed by atoms with E-state index < -0.39 is 11.8 Å². The van der Waals surface area contributed by atoms with Crippen LogP contribution >= 0.6 is 22.9 Å². The molecule has 160 valence electrons. The lowest BCUT2D eigenvalue weighted by Crippen LogP contribution is -2.41. The molecule has 0 saturated heterocycles. The van der Waals surface area contributed by atoms with E-state index >= 15 is 0 Å². The molecule has 0 radical (unpaired) electrons. The fourth-order valence-electron chi connectivity index (χ4n) is 2.67. The average Bonchev–Trinajstić information content (AvgIpc) is 3.32. The number of Topliss-reactive ketones (excluding diaryl/α,β-unsaturated/α-hetero) is 1. The van der Waals surface area contributed by atoms with Gasteiger partial charge in [0.05, 0.1) is 4.88 Å². The molecule has 0 fully saturated rings. The minimum Gasteiger partial charge on any atom is -0.489 e. The summed E-state index contributed by atoms with van der Waals surface area (Å²) in [5.74, 6) is -0.257. The highest BCUT2D eigenvalue weighted by atomic mass is 35.5. The predicted molar refractivity (Wildman–Crippen MR) is 120 cm³/mol. The maximum Gasteiger partial charge on any atom is 0.269 e. The van der Waals surface area contributed by atoms with Crippen LogP contribution in [0, 0.1) is 6.92 Å². The lowest BCUT2D eigenvalue weighted by Gasteiger charge is -2.09. The number of rotatable bonds is 8. The summed E-state index contributed by atoms with van der Waals surface area (Å²) in [5.41, 5.74) is 6.90. The number of carbonyl (C=O) groups is 3. The predicted octanol–water partition coefficient (Wildman–Crippen LogP) is 4.71. The molecule has 0 aliphatic heterocycles. The first kappa shape index (κ1) is 22.5. The highest BCUT2D eigenvalue weighted by Crippen LogP contribution is 2.22. The number of hydrazine groups is 1. The van der Waals surface area contributed by atoms with Crippen molar-refractivity contribution >= 4 is 40.5 Å². The minimum atomic E-state index is -0.446. The van der Waals surface area contributed by atoms with Crippen molar-refractivity contribution in [1.82, 2.24) is 10.9 Å². The van der Waals surface area contributed by atoms with Crippen molar-refractivity contribution in [3.05, 3.63) is 86.6 Å². The number of hydrogen-bond donors (Lipinski definition) is 2. The van der Waals surface area contributed by atoms with Gasteiger partial charge in [-0.3, -0.25) is 25.2 Å². The van der Waals surface area contributed by atoms with Gasteiger partial charge in [0.25, 0.3) is 5.91 Å². The first-order valence-corrected chi connectivity index (χ1v) is 10.8. The summed E-state index contributed by atoms with van der Waals surface area (Å²) in [6, 6.07) is 15.8. The summed E-state index contributed by atoms with van der Waals surface area (Å²) in [6.07, 6.45) is 0.0848. The number of amides is 2. The van der Waals surface area contributed by atoms with Gasteiger partial charge in [0.15, 0.2) is 5.78 Å². The fraction of sp³-hybridized carbons (Fsp3) is 0.174. The Labute approximate surface area is 189 Å². The topological polar surface area (TPSA) is 84.5 Å². The maximum absolute atomic E-state index is 12.2. The molecule has 3 rings (SSSR count). The van der Waals surface area contributed by atoms with Gasteiger partial charge >= 0.3 is 0 Å². The Balaban J connectivity index is 1.42. The van der Waals surface area contributed by atoms with Gasteiger partial charge in [0.2, 0.25) is 5.91 Å². The molecular weight excluding hydrogens is 436 g/mol. The largest absolute Gasteiger partial charge is 0.489 e. The zero-order valence-electron chi connectivity index (χ0n) is 16.8. The zero-order chi connectivity index (χ0) is 22.2. The normalized spacial score (nSPS) is 10.4. The van der Waals surface area contributed by atoms with Crippen molar-refractivity contribution in [3.8, 4) is 5.75 Å². The van der Waals surface area contributed by atoms with Gasteiger partial charge in [-0.2, -0.15) is 0 Å². The van der Waals surface area contributed by atoms with Crippen LogP contribution in [0.25, 0.3) is 0 Å². The number of halogens is 1. The van der Waals surface area contributed by atoms with Gasteiger partial charge in [0, 0.05) is 23.4 Å². The van der Waals surface area contributed by atoms with E-state index in [2.05, 4.69) is 10.9 Å². The van der Waals surface area contributed by atoms with E-state index in [0.29, 0.717) is 27.8 Å². The monoisotopic (exact) mass is 456 g/mol. The van der Waals surface area contributed by atoms with E-state index in [1.807, 2.05) is 18.4 Å². The Hall–Kier alpha value is -3.16. The van der Waals surface area contributed by atoms with Crippen molar-refractivity contribution in [2.75, 3.05) is 0 Å². The van der Waals surface area contributed by atoms with Crippen LogP contribution in [0.15, 0.2) is 60.0 Å². The van der Waals surface area contributed by atoms with Crippen LogP contribution in [0.3, 0.4) is 0 Å². The van der Waals surface area contributed by atoms with E-state index in [1.54, 1.807) is 48.5 Å². The van der Waals surface area contributed by atoms with Crippen LogP contribution < -0.4 is 15.6 Å². The van der Waals surface area contributed by atoms with E-state index in [9.17, 15) is 14.4 Å². The number of benzene rings is 2. The molecule has 6 nitrogen and oxygen atoms in total. The van der Waals surface area contributed by atoms with Crippen molar-refractivity contribution in [2.45, 2.75) is 26.4 Å². The standard InChI is InChI=1S/C23H21ClN2O4S/c1-15-13-18(8-9-19(15)24)30-14-16-4-6-17(7-5-16)23(29)26-25-22(28)11-10-20(27)21-3-2-12-31-21/h2-9,12-13H,10-11,14H2,1H3,(H,25,28)(H,26,29). The third-order valence-electron chi connectivity index (χ3n) is 4.44. The summed E-state index contributed by atoms with van der Waals surface area (Å²) < 4.78 is 5.74. The molecule has 1 aromatic heterocycles. The first-order valence-electron chi connectivity index (χ1n) is 9.56. The Kier molecular flexibility index (Phi) is 7.81. The number of hydrogen-bond acceptors (Lipinski definition) is 5. The Morgan fingerprint density at radius 2 is 1.77 bits per heavy atom. The minimum absolute atomic E-state index is 0.00252. The van der Waals surface area contributed by atoms with Crippen LogP contribution in [0.2, 0.25) is 5.02 Å². The SMILES string of the molecule is Cc1cc(OCc2ccc(C(=O)NNC(=O)CCC(=O)c3cccs3)cc2)ccc1Cl. The number of ketones is 1. The van der Waals surface area contributed by atoms with Crippen molar-refractivity contribution in [3.63, 3.8) is 0 Å². The van der Waals surface area contributed by atoms with Crippen molar-refractivity contribution < 1.29 is 19.1 Å². The molecule has 0 aliphatic carbocycles. The molecular formula is C23H21ClN2O4S. The summed E-state index contributed by atoms with van der Waals surface area (Å²) >= 11 is 7.35. The van der Waals surface area contributed by atoms with Crippen LogP contribution in [-0.2, 0) is 11.4 Å². The van der Waals surface area contributed by atoms with Crippen molar-refractivity contribution in [2.24, 2.45) is 0 Å². The van der Waals surface area contributed by atoms with Crippen LogP contribution in [0.5, 0.6) is 5.75 Å². The van der Waals surface area contributed by atoms with E-state index in [1.165, 1.54) is 11.3 Å². The highest BCUT2D eigenvalue weighted by Gasteiger charge is 2.11. The lowest BCUT2D eigenvalue weighted by atomic mass is 10.1. The number of thiophene rings is 1. The first-order chi connectivity index (χ1) is 14.9. The molecule has 8 heteroatoms. The molecule has 0 saturated carbocycles. The van der Waals surface area contributed by atoms with Crippen LogP contribution in [0.1, 0.15) is 44.0 Å². The quantitative estimate of drug-likeness (QED) is 0.379. The molecule has 3 aromatic rings. The Bertz CT molecular complexity index is 1070. The van der Waals surface area contributed by atoms with Gasteiger partial charge in [-0.25, -0.2) is 0 Å². The highest BCUT2D eigenvalue weighted by molar-refractivity contribution is 7.12. The van der Waals surface area contributed by atoms with Gasteiger partial charge in [-0.15, -0.1) is 11.3 Å². The number of nitrogens with one attached hydrogen (secondary N) is 2. The van der Waals surface area contributed by atoms with Gasteiger partial charge in [0.1, 0.15) is 12.4 Å². The molecule has 2 amide bonds. The van der Waals surface area contributed by atoms with Crippen LogP contribution in [0.4, 0.5) is 0 Å². The third kappa shape index (κ3) is 6.67. The second-order valence-electron chi connectivity index (χ2n) is 6.80. The van der Waals surface area contributed by atoms with Gasteiger partial charge < -0.3 is 4.74 Å². The van der Waals surface area contributed by atoms with Crippen LogP contribution in [-0.4, -0.2) is 17.6 Å². The third-order valence-corrected chi connectivity index (χ3v) is 5.78. The van der Waals surface area contributed by atoms with Gasteiger partial charge in [-0.1, -0.05) is 29.8 Å². The molecule has 0 bridgehead atoms. The van der Waals surface area contributed by atoms with E-state index in [-0.39, 0.29) is 18.6 Å². The molecule has 2 aromatic carbocycles. The average molecular weight is 457 g/mol. The second-order valence-corrected chi connectivity index (χ2v) is 8.15. The summed E-state index contributed by atoms with van der Waals surface area (Å²) in [6.45, 7) is 2.25. The Morgan fingerprint density at radius 3 is 2.45 bits per heavy atom. The molecule has 2 N–H and O–H groups in total. The second kappa shape index (κ2) is 10.7. The van der Waals surface area contributed by atoms with E-state index in [4.69, 9.17) is 16.3 Å². The molecule has 0 spiro atoms. The number of ether oxygens (including phenoxy) is 1. The lowest BCUT2D eigenvalue weighted by molar-refractivity contribution is -0.121. The number of carbonyl (C=O) groups excluding carboxylic acids is 3. The molecule has 0 atom stereocenters. The fourth-order valence-corrected chi connectivity index (χ4v) is 3.49. The van der Waals surface area contributed by atoms with E-state index in [0.717, 1.165) is 11.1 Å². The molecule has 1 heterocycles. The summed E-state index contributed by atoms with van der Waals surface area (Å²) in [5, 5.41) is 2.49. The summed E-state index contributed by atoms with van der Waals surface area (Å²) in [7, 11) is 0. The molecule has 0 unspecified atom stereocenters. The molecule has 0 aliphatic rings. The Morgan fingerprint density at radius 1 is 1.00 bits per heavy atom. The van der Waals surface area contributed by atoms with Crippen molar-refractivity contribution in [1.29, 1.82) is 0 Å². The zero-order valence-corrected chi connectivity index (χ0v) is 18.4. The maximum atomic E-state index is 12.2. The smallest absolute Gasteiger partial charge is 0.269 e. The number of aryl methyl sites for hydroxylation is 1.